The van der Waals surface area contributed by atoms with E-state index in [0.717, 1.165) is 22.1 Å². The summed E-state index contributed by atoms with van der Waals surface area (Å²) in [5.74, 6) is 0. The van der Waals surface area contributed by atoms with Crippen molar-refractivity contribution < 1.29 is 0 Å². The lowest BCUT2D eigenvalue weighted by Gasteiger charge is -1.81. The summed E-state index contributed by atoms with van der Waals surface area (Å²) in [7, 11) is 0. The van der Waals surface area contributed by atoms with E-state index in [9.17, 15) is 0 Å². The summed E-state index contributed by atoms with van der Waals surface area (Å²) in [6.07, 6.45) is 3.40. The maximum Gasteiger partial charge on any atom is 0.0931 e. The van der Waals surface area contributed by atoms with Crippen molar-refractivity contribution in [3.05, 3.63) is 61.2 Å². The molecule has 5 heteroatoms. The minimum atomic E-state index is 0. The van der Waals surface area contributed by atoms with E-state index in [1.807, 2.05) is 48.5 Å². The second-order valence-electron chi connectivity index (χ2n) is 3.84. The Morgan fingerprint density at radius 3 is 1.47 bits per heavy atom. The maximum absolute atomic E-state index is 4.06. The maximum atomic E-state index is 4.06. The molecule has 0 saturated carbocycles. The van der Waals surface area contributed by atoms with Crippen LogP contribution in [0.3, 0.4) is 0 Å². The van der Waals surface area contributed by atoms with E-state index in [2.05, 4.69) is 19.9 Å². The van der Waals surface area contributed by atoms with Gasteiger partial charge in [0.2, 0.25) is 0 Å². The van der Waals surface area contributed by atoms with Crippen molar-refractivity contribution in [1.82, 2.24) is 26.1 Å². The molecule has 0 aliphatic carbocycles. The van der Waals surface area contributed by atoms with E-state index >= 15 is 0 Å². The van der Waals surface area contributed by atoms with E-state index in [0.29, 0.717) is 0 Å². The van der Waals surface area contributed by atoms with Crippen LogP contribution in [0.4, 0.5) is 0 Å². The number of hydrogen-bond donors (Lipinski definition) is 3. The first kappa shape index (κ1) is 12.8. The molecule has 0 bridgehead atoms. The highest BCUT2D eigenvalue weighted by molar-refractivity contribution is 5.74. The fourth-order valence-corrected chi connectivity index (χ4v) is 1.76. The van der Waals surface area contributed by atoms with Crippen molar-refractivity contribution in [3.8, 4) is 0 Å². The summed E-state index contributed by atoms with van der Waals surface area (Å²) in [4.78, 5) is 14.1. The summed E-state index contributed by atoms with van der Waals surface area (Å²) >= 11 is 0. The second-order valence-corrected chi connectivity index (χ2v) is 3.84. The minimum Gasteiger partial charge on any atom is -0.345 e. The van der Waals surface area contributed by atoms with E-state index in [4.69, 9.17) is 0 Å². The number of aromatic nitrogens is 4. The number of para-hydroxylation sites is 4. The number of imidazole rings is 2. The predicted octanol–water partition coefficient (Wildman–Crippen LogP) is 3.29. The summed E-state index contributed by atoms with van der Waals surface area (Å²) in [6, 6.07) is 15.9. The van der Waals surface area contributed by atoms with Crippen molar-refractivity contribution >= 4 is 22.1 Å². The molecule has 0 fully saturated rings. The Kier molecular flexibility index (Phi) is 3.90. The molecule has 96 valence electrons. The third kappa shape index (κ3) is 2.78. The van der Waals surface area contributed by atoms with Gasteiger partial charge in [0.15, 0.2) is 0 Å². The first-order chi connectivity index (χ1) is 8.93. The van der Waals surface area contributed by atoms with Crippen molar-refractivity contribution in [2.24, 2.45) is 0 Å². The lowest BCUT2D eigenvalue weighted by atomic mass is 10.3. The largest absolute Gasteiger partial charge is 0.345 e. The molecule has 0 aliphatic heterocycles. The zero-order valence-corrected chi connectivity index (χ0v) is 10.4. The molecule has 4 rings (SSSR count). The Morgan fingerprint density at radius 2 is 1.05 bits per heavy atom. The molecule has 2 aromatic heterocycles. The Bertz CT molecular complexity index is 630. The van der Waals surface area contributed by atoms with Crippen LogP contribution in [0.25, 0.3) is 22.1 Å². The summed E-state index contributed by atoms with van der Waals surface area (Å²) in [5.41, 5.74) is 4.24. The zero-order valence-electron chi connectivity index (χ0n) is 10.4. The first-order valence-corrected chi connectivity index (χ1v) is 5.70. The number of nitrogens with zero attached hydrogens (tertiary/aromatic N) is 2. The molecule has 4 aromatic rings. The van der Waals surface area contributed by atoms with Gasteiger partial charge >= 0.3 is 0 Å². The number of rotatable bonds is 0. The van der Waals surface area contributed by atoms with E-state index in [1.165, 1.54) is 0 Å². The molecule has 2 heterocycles. The molecule has 0 unspecified atom stereocenters. The smallest absolute Gasteiger partial charge is 0.0931 e. The SMILES string of the molecule is N.c1ccc2[nH]cnc2c1.c1ccc2[nH]cnc2c1. The van der Waals surface area contributed by atoms with Crippen LogP contribution in [0.15, 0.2) is 61.2 Å². The summed E-state index contributed by atoms with van der Waals surface area (Å²) < 4.78 is 0. The molecule has 0 saturated heterocycles. The third-order valence-electron chi connectivity index (χ3n) is 2.66. The minimum absolute atomic E-state index is 0. The van der Waals surface area contributed by atoms with Crippen LogP contribution >= 0.6 is 0 Å². The standard InChI is InChI=1S/2C7H6N2.H3N/c2*1-2-4-7-6(3-1)8-5-9-7;/h2*1-5H,(H,8,9);1H3. The molecule has 0 spiro atoms. The van der Waals surface area contributed by atoms with Crippen LogP contribution < -0.4 is 6.15 Å². The third-order valence-corrected chi connectivity index (χ3v) is 2.66. The Labute approximate surface area is 110 Å². The normalized spacial score (nSPS) is 9.68. The molecule has 2 aromatic carbocycles. The highest BCUT2D eigenvalue weighted by atomic mass is 14.9. The Balaban J connectivity index is 0.000000133. The zero-order chi connectivity index (χ0) is 12.2. The van der Waals surface area contributed by atoms with Crippen molar-refractivity contribution in [1.29, 1.82) is 0 Å². The van der Waals surface area contributed by atoms with Crippen molar-refractivity contribution in [2.75, 3.05) is 0 Å². The molecule has 5 nitrogen and oxygen atoms in total. The predicted molar refractivity (Wildman–Crippen MR) is 77.2 cm³/mol. The first-order valence-electron chi connectivity index (χ1n) is 5.70. The average Bonchev–Trinajstić information content (AvgIpc) is 3.08. The molecule has 0 atom stereocenters. The van der Waals surface area contributed by atoms with Gasteiger partial charge in [-0.25, -0.2) is 9.97 Å². The van der Waals surface area contributed by atoms with Crippen LogP contribution in [-0.2, 0) is 0 Å². The molecular formula is C14H15N5. The van der Waals surface area contributed by atoms with Gasteiger partial charge in [-0.05, 0) is 24.3 Å². The lowest BCUT2D eigenvalue weighted by Crippen LogP contribution is -1.63. The number of H-pyrrole nitrogens is 2. The van der Waals surface area contributed by atoms with Crippen LogP contribution in [-0.4, -0.2) is 19.9 Å². The van der Waals surface area contributed by atoms with Crippen LogP contribution in [0, 0.1) is 0 Å². The molecule has 5 N–H and O–H groups in total. The lowest BCUT2D eigenvalue weighted by molar-refractivity contribution is 1.34. The second kappa shape index (κ2) is 5.79. The Hall–Kier alpha value is -2.66. The fourth-order valence-electron chi connectivity index (χ4n) is 1.76. The van der Waals surface area contributed by atoms with Crippen molar-refractivity contribution in [3.63, 3.8) is 0 Å². The fraction of sp³-hybridized carbons (Fsp3) is 0. The van der Waals surface area contributed by atoms with Crippen molar-refractivity contribution in [2.45, 2.75) is 0 Å². The van der Waals surface area contributed by atoms with Gasteiger partial charge in [-0.1, -0.05) is 24.3 Å². The number of aromatic amines is 2. The monoisotopic (exact) mass is 253 g/mol. The van der Waals surface area contributed by atoms with Crippen LogP contribution in [0.2, 0.25) is 0 Å². The number of nitrogens with one attached hydrogen (secondary N) is 2. The molecule has 0 amide bonds. The quantitative estimate of drug-likeness (QED) is 0.449. The van der Waals surface area contributed by atoms with Gasteiger partial charge in [0.1, 0.15) is 0 Å². The number of benzene rings is 2. The topological polar surface area (TPSA) is 92.4 Å². The van der Waals surface area contributed by atoms with Gasteiger partial charge in [-0.3, -0.25) is 0 Å². The van der Waals surface area contributed by atoms with Gasteiger partial charge in [-0.2, -0.15) is 0 Å². The number of fused-ring (bicyclic) bond motifs is 2. The van der Waals surface area contributed by atoms with Gasteiger partial charge < -0.3 is 16.1 Å². The highest BCUT2D eigenvalue weighted by Gasteiger charge is 1.89. The van der Waals surface area contributed by atoms with Gasteiger partial charge in [0.25, 0.3) is 0 Å². The van der Waals surface area contributed by atoms with E-state index in [-0.39, 0.29) is 6.15 Å². The highest BCUT2D eigenvalue weighted by Crippen LogP contribution is 2.06. The molecule has 0 radical (unpaired) electrons. The molecular weight excluding hydrogens is 238 g/mol. The average molecular weight is 253 g/mol. The van der Waals surface area contributed by atoms with Crippen LogP contribution in [0.5, 0.6) is 0 Å². The van der Waals surface area contributed by atoms with Gasteiger partial charge in [0.05, 0.1) is 34.7 Å². The van der Waals surface area contributed by atoms with E-state index in [1.54, 1.807) is 12.7 Å². The number of hydrogen-bond acceptors (Lipinski definition) is 3. The van der Waals surface area contributed by atoms with Gasteiger partial charge in [0, 0.05) is 0 Å². The van der Waals surface area contributed by atoms with Crippen LogP contribution in [0.1, 0.15) is 0 Å². The summed E-state index contributed by atoms with van der Waals surface area (Å²) in [6.45, 7) is 0. The molecule has 19 heavy (non-hydrogen) atoms. The van der Waals surface area contributed by atoms with Gasteiger partial charge in [-0.15, -0.1) is 0 Å². The summed E-state index contributed by atoms with van der Waals surface area (Å²) in [5, 5.41) is 0. The van der Waals surface area contributed by atoms with E-state index < -0.39 is 0 Å². The Morgan fingerprint density at radius 1 is 0.632 bits per heavy atom. The molecule has 0 aliphatic rings.